The maximum Gasteiger partial charge on any atom is 0.407 e. The summed E-state index contributed by atoms with van der Waals surface area (Å²) in [6, 6.07) is 32.4. The molecule has 1 aliphatic rings. The first-order valence-corrected chi connectivity index (χ1v) is 14.3. The average molecular weight is 564 g/mol. The van der Waals surface area contributed by atoms with Gasteiger partial charge in [-0.3, -0.25) is 0 Å². The number of carbonyl (C=O) groups is 2. The second-order valence-electron chi connectivity index (χ2n) is 11.6. The number of esters is 1. The van der Waals surface area contributed by atoms with E-state index in [1.165, 1.54) is 0 Å². The zero-order chi connectivity index (χ0) is 29.7. The highest BCUT2D eigenvalue weighted by Crippen LogP contribution is 2.44. The van der Waals surface area contributed by atoms with E-state index in [-0.39, 0.29) is 24.7 Å². The van der Waals surface area contributed by atoms with Gasteiger partial charge in [-0.25, -0.2) is 9.59 Å². The van der Waals surface area contributed by atoms with Crippen molar-refractivity contribution < 1.29 is 23.8 Å². The van der Waals surface area contributed by atoms with Crippen molar-refractivity contribution in [3.8, 4) is 16.9 Å². The van der Waals surface area contributed by atoms with Crippen LogP contribution in [0.4, 0.5) is 4.79 Å². The van der Waals surface area contributed by atoms with Crippen molar-refractivity contribution in [2.45, 2.75) is 57.8 Å². The second kappa shape index (κ2) is 12.5. The van der Waals surface area contributed by atoms with Gasteiger partial charge in [0.2, 0.25) is 0 Å². The Balaban J connectivity index is 1.30. The fraction of sp³-hybridized carbons (Fsp3) is 0.278. The molecule has 4 aromatic carbocycles. The molecule has 5 rings (SSSR count). The Morgan fingerprint density at radius 2 is 1.33 bits per heavy atom. The highest BCUT2D eigenvalue weighted by molar-refractivity contribution is 5.83. The molecule has 2 atom stereocenters. The van der Waals surface area contributed by atoms with E-state index in [1.807, 2.05) is 107 Å². The molecule has 0 spiro atoms. The number of hydrogen-bond donors (Lipinski definition) is 1. The summed E-state index contributed by atoms with van der Waals surface area (Å²) in [7, 11) is 0. The standard InChI is InChI=1S/C36H37NO5/c1-24(26-18-20-27(21-19-26)42-36(2,3)4)33(34(38)40-22-25-12-6-5-7-13-25)37-35(39)41-23-32-30-16-10-8-14-28(30)29-15-9-11-17-31(29)32/h5-21,24,32-33H,22-23H2,1-4H3,(H,37,39)/t24-,33-/m0/s1. The molecule has 1 N–H and O–H groups in total. The highest BCUT2D eigenvalue weighted by Gasteiger charge is 2.32. The third kappa shape index (κ3) is 6.82. The van der Waals surface area contributed by atoms with Crippen LogP contribution in [0, 0.1) is 0 Å². The van der Waals surface area contributed by atoms with Gasteiger partial charge in [0.25, 0.3) is 0 Å². The Kier molecular flexibility index (Phi) is 8.62. The van der Waals surface area contributed by atoms with Crippen molar-refractivity contribution in [2.24, 2.45) is 0 Å². The van der Waals surface area contributed by atoms with Crippen molar-refractivity contribution in [1.82, 2.24) is 5.32 Å². The van der Waals surface area contributed by atoms with Gasteiger partial charge in [0.15, 0.2) is 0 Å². The van der Waals surface area contributed by atoms with Gasteiger partial charge < -0.3 is 19.5 Å². The molecule has 1 aliphatic carbocycles. The minimum absolute atomic E-state index is 0.0839. The zero-order valence-electron chi connectivity index (χ0n) is 24.5. The third-order valence-corrected chi connectivity index (χ3v) is 7.42. The van der Waals surface area contributed by atoms with E-state index in [4.69, 9.17) is 14.2 Å². The second-order valence-corrected chi connectivity index (χ2v) is 11.6. The van der Waals surface area contributed by atoms with Gasteiger partial charge in [-0.05, 0) is 66.3 Å². The monoisotopic (exact) mass is 563 g/mol. The van der Waals surface area contributed by atoms with E-state index in [1.54, 1.807) is 0 Å². The predicted octanol–water partition coefficient (Wildman–Crippen LogP) is 7.62. The molecular formula is C36H37NO5. The van der Waals surface area contributed by atoms with Gasteiger partial charge in [-0.2, -0.15) is 0 Å². The smallest absolute Gasteiger partial charge is 0.407 e. The molecule has 0 radical (unpaired) electrons. The highest BCUT2D eigenvalue weighted by atomic mass is 16.6. The average Bonchev–Trinajstić information content (AvgIpc) is 3.31. The van der Waals surface area contributed by atoms with E-state index in [0.717, 1.165) is 39.1 Å². The predicted molar refractivity (Wildman–Crippen MR) is 163 cm³/mol. The van der Waals surface area contributed by atoms with Gasteiger partial charge in [0.05, 0.1) is 0 Å². The Labute approximate surface area is 247 Å². The van der Waals surface area contributed by atoms with Gasteiger partial charge in [0.1, 0.15) is 30.6 Å². The Hall–Kier alpha value is -4.58. The summed E-state index contributed by atoms with van der Waals surface area (Å²) < 4.78 is 17.4. The molecule has 1 amide bonds. The summed E-state index contributed by atoms with van der Waals surface area (Å²) in [5.74, 6) is -0.280. The van der Waals surface area contributed by atoms with E-state index in [2.05, 4.69) is 29.6 Å². The first-order valence-electron chi connectivity index (χ1n) is 14.3. The minimum atomic E-state index is -0.959. The van der Waals surface area contributed by atoms with Crippen LogP contribution in [-0.4, -0.2) is 30.3 Å². The van der Waals surface area contributed by atoms with Crippen LogP contribution >= 0.6 is 0 Å². The summed E-state index contributed by atoms with van der Waals surface area (Å²) >= 11 is 0. The molecule has 6 heteroatoms. The van der Waals surface area contributed by atoms with E-state index in [9.17, 15) is 9.59 Å². The topological polar surface area (TPSA) is 73.9 Å². The van der Waals surface area contributed by atoms with Crippen molar-refractivity contribution in [1.29, 1.82) is 0 Å². The lowest BCUT2D eigenvalue weighted by atomic mass is 9.93. The molecule has 0 aromatic heterocycles. The summed E-state index contributed by atoms with van der Waals surface area (Å²) in [5, 5.41) is 2.81. The largest absolute Gasteiger partial charge is 0.488 e. The lowest BCUT2D eigenvalue weighted by Crippen LogP contribution is -2.45. The van der Waals surface area contributed by atoms with Gasteiger partial charge in [0, 0.05) is 11.8 Å². The molecule has 42 heavy (non-hydrogen) atoms. The number of nitrogens with one attached hydrogen (secondary N) is 1. The van der Waals surface area contributed by atoms with Crippen molar-refractivity contribution in [3.05, 3.63) is 125 Å². The molecule has 6 nitrogen and oxygen atoms in total. The molecule has 0 bridgehead atoms. The van der Waals surface area contributed by atoms with Crippen LogP contribution in [0.2, 0.25) is 0 Å². The molecule has 216 valence electrons. The van der Waals surface area contributed by atoms with Gasteiger partial charge in [-0.15, -0.1) is 0 Å². The van der Waals surface area contributed by atoms with Crippen molar-refractivity contribution >= 4 is 12.1 Å². The van der Waals surface area contributed by atoms with Crippen molar-refractivity contribution in [2.75, 3.05) is 6.61 Å². The number of alkyl carbamates (subject to hydrolysis) is 1. The zero-order valence-corrected chi connectivity index (χ0v) is 24.5. The summed E-state index contributed by atoms with van der Waals surface area (Å²) in [4.78, 5) is 26.6. The van der Waals surface area contributed by atoms with Gasteiger partial charge >= 0.3 is 12.1 Å². The van der Waals surface area contributed by atoms with Crippen LogP contribution < -0.4 is 10.1 Å². The molecule has 0 saturated heterocycles. The van der Waals surface area contributed by atoms with Gasteiger partial charge in [-0.1, -0.05) is 97.9 Å². The molecule has 0 fully saturated rings. The number of rotatable bonds is 9. The van der Waals surface area contributed by atoms with Crippen LogP contribution in [0.25, 0.3) is 11.1 Å². The molecule has 0 unspecified atom stereocenters. The Morgan fingerprint density at radius 3 is 1.93 bits per heavy atom. The van der Waals surface area contributed by atoms with Crippen LogP contribution in [0.3, 0.4) is 0 Å². The lowest BCUT2D eigenvalue weighted by Gasteiger charge is -2.25. The fourth-order valence-electron chi connectivity index (χ4n) is 5.36. The minimum Gasteiger partial charge on any atom is -0.488 e. The van der Waals surface area contributed by atoms with Crippen LogP contribution in [0.1, 0.15) is 61.8 Å². The SMILES string of the molecule is C[C@@H](c1ccc(OC(C)(C)C)cc1)[C@H](NC(=O)OCC1c2ccccc2-c2ccccc21)C(=O)OCc1ccccc1. The van der Waals surface area contributed by atoms with E-state index in [0.29, 0.717) is 0 Å². The first-order chi connectivity index (χ1) is 20.2. The van der Waals surface area contributed by atoms with Crippen LogP contribution in [0.5, 0.6) is 5.75 Å². The number of benzene rings is 4. The molecule has 0 saturated carbocycles. The van der Waals surface area contributed by atoms with Crippen LogP contribution in [0.15, 0.2) is 103 Å². The number of fused-ring (bicyclic) bond motifs is 3. The Bertz CT molecular complexity index is 1480. The number of hydrogen-bond acceptors (Lipinski definition) is 5. The van der Waals surface area contributed by atoms with E-state index < -0.39 is 24.0 Å². The summed E-state index contributed by atoms with van der Waals surface area (Å²) in [5.41, 5.74) is 5.93. The summed E-state index contributed by atoms with van der Waals surface area (Å²) in [6.07, 6.45) is -0.668. The number of amides is 1. The molecule has 0 heterocycles. The fourth-order valence-corrected chi connectivity index (χ4v) is 5.36. The normalized spacial score (nSPS) is 13.8. The number of ether oxygens (including phenoxy) is 3. The maximum absolute atomic E-state index is 13.4. The lowest BCUT2D eigenvalue weighted by molar-refractivity contribution is -0.148. The summed E-state index contributed by atoms with van der Waals surface area (Å²) in [6.45, 7) is 8.10. The van der Waals surface area contributed by atoms with Crippen molar-refractivity contribution in [3.63, 3.8) is 0 Å². The molecule has 4 aromatic rings. The van der Waals surface area contributed by atoms with E-state index >= 15 is 0 Å². The maximum atomic E-state index is 13.4. The van der Waals surface area contributed by atoms with Crippen LogP contribution in [-0.2, 0) is 20.9 Å². The quantitative estimate of drug-likeness (QED) is 0.212. The third-order valence-electron chi connectivity index (χ3n) is 7.42. The first kappa shape index (κ1) is 28.9. The Morgan fingerprint density at radius 1 is 0.762 bits per heavy atom. The number of carbonyl (C=O) groups excluding carboxylic acids is 2. The molecular weight excluding hydrogens is 526 g/mol. The molecule has 0 aliphatic heterocycles.